The van der Waals surface area contributed by atoms with Crippen LogP contribution in [0.15, 0.2) is 23.1 Å². The first-order valence-electron chi connectivity index (χ1n) is 9.94. The normalized spacial score (nSPS) is 15.0. The fourth-order valence-corrected chi connectivity index (χ4v) is 4.12. The van der Waals surface area contributed by atoms with Crippen molar-refractivity contribution in [1.29, 1.82) is 0 Å². The van der Waals surface area contributed by atoms with Crippen molar-refractivity contribution in [3.63, 3.8) is 0 Å². The molecule has 0 aliphatic carbocycles. The highest BCUT2D eigenvalue weighted by molar-refractivity contribution is 6.32. The quantitative estimate of drug-likeness (QED) is 0.502. The number of methoxy groups -OCH3 is 1. The molecule has 0 spiro atoms. The summed E-state index contributed by atoms with van der Waals surface area (Å²) in [6.07, 6.45) is 2.65. The zero-order valence-corrected chi connectivity index (χ0v) is 18.7. The van der Waals surface area contributed by atoms with Gasteiger partial charge in [0.25, 0.3) is 5.69 Å². The summed E-state index contributed by atoms with van der Waals surface area (Å²) in [7, 11) is 1.63. The van der Waals surface area contributed by atoms with Crippen LogP contribution in [-0.2, 0) is 11.2 Å². The van der Waals surface area contributed by atoms with Gasteiger partial charge in [-0.2, -0.15) is 0 Å². The lowest BCUT2D eigenvalue weighted by Gasteiger charge is -2.39. The number of fused-ring (bicyclic) bond motifs is 3. The Labute approximate surface area is 186 Å². The first kappa shape index (κ1) is 22.9. The Bertz CT molecular complexity index is 1120. The highest BCUT2D eigenvalue weighted by Crippen LogP contribution is 2.47. The molecule has 1 N–H and O–H groups in total. The number of ether oxygens (including phenoxy) is 2. The van der Waals surface area contributed by atoms with Crippen molar-refractivity contribution in [2.24, 2.45) is 5.41 Å². The highest BCUT2D eigenvalue weighted by atomic mass is 35.5. The summed E-state index contributed by atoms with van der Waals surface area (Å²) < 4.78 is 12.6. The van der Waals surface area contributed by atoms with Crippen molar-refractivity contribution in [2.75, 3.05) is 20.3 Å². The Morgan fingerprint density at radius 3 is 2.65 bits per heavy atom. The molecule has 1 aliphatic heterocycles. The maximum atomic E-state index is 12.8. The van der Waals surface area contributed by atoms with E-state index < -0.39 is 17.0 Å². The minimum absolute atomic E-state index is 0.170. The number of benzene rings is 1. The van der Waals surface area contributed by atoms with Crippen molar-refractivity contribution in [1.82, 2.24) is 4.57 Å². The number of halogens is 1. The fraction of sp³-hybridized carbons (Fsp3) is 0.435. The molecular formula is C23H25ClN2O5. The smallest absolute Gasteiger partial charge is 0.339 e. The van der Waals surface area contributed by atoms with Crippen molar-refractivity contribution in [3.8, 4) is 17.0 Å². The van der Waals surface area contributed by atoms with Crippen LogP contribution in [0.25, 0.3) is 16.1 Å². The third-order valence-corrected chi connectivity index (χ3v) is 5.76. The molecule has 2 aromatic rings. The summed E-state index contributed by atoms with van der Waals surface area (Å²) in [6.45, 7) is 14.7. The van der Waals surface area contributed by atoms with Gasteiger partial charge in [0.05, 0.1) is 23.9 Å². The molecule has 0 bridgehead atoms. The molecule has 1 aliphatic rings. The molecular weight excluding hydrogens is 420 g/mol. The van der Waals surface area contributed by atoms with Gasteiger partial charge in [-0.05, 0) is 35.1 Å². The summed E-state index contributed by atoms with van der Waals surface area (Å²) in [5.74, 6) is -0.812. The van der Waals surface area contributed by atoms with E-state index in [1.54, 1.807) is 17.7 Å². The SMILES string of the molecule is [C-]#[N+]c1c2n(cc(C(=O)O)c1=O)C(C(C)(C)C)Cc1cc(OCCCOC)c(Cl)cc1-2. The molecule has 1 unspecified atom stereocenters. The van der Waals surface area contributed by atoms with Crippen molar-refractivity contribution >= 4 is 23.3 Å². The second kappa shape index (κ2) is 8.74. The first-order chi connectivity index (χ1) is 14.6. The topological polar surface area (TPSA) is 82.1 Å². The number of carboxylic acid groups (broad SMARTS) is 1. The van der Waals surface area contributed by atoms with E-state index in [4.69, 9.17) is 27.6 Å². The Balaban J connectivity index is 2.24. The van der Waals surface area contributed by atoms with Gasteiger partial charge in [0.2, 0.25) is 5.43 Å². The Hall–Kier alpha value is -2.82. The van der Waals surface area contributed by atoms with Crippen LogP contribution >= 0.6 is 11.6 Å². The highest BCUT2D eigenvalue weighted by Gasteiger charge is 2.36. The summed E-state index contributed by atoms with van der Waals surface area (Å²) in [6, 6.07) is 3.38. The molecule has 1 aromatic heterocycles. The van der Waals surface area contributed by atoms with Crippen LogP contribution in [0.2, 0.25) is 5.02 Å². The number of hydrogen-bond acceptors (Lipinski definition) is 4. The lowest BCUT2D eigenvalue weighted by atomic mass is 9.78. The molecule has 0 saturated heterocycles. The van der Waals surface area contributed by atoms with E-state index in [-0.39, 0.29) is 17.1 Å². The summed E-state index contributed by atoms with van der Waals surface area (Å²) in [4.78, 5) is 27.8. The summed E-state index contributed by atoms with van der Waals surface area (Å²) in [5, 5.41) is 9.87. The lowest BCUT2D eigenvalue weighted by molar-refractivity contribution is 0.0693. The van der Waals surface area contributed by atoms with Gasteiger partial charge in [-0.3, -0.25) is 0 Å². The van der Waals surface area contributed by atoms with Gasteiger partial charge in [0, 0.05) is 32.4 Å². The molecule has 164 valence electrons. The zero-order valence-electron chi connectivity index (χ0n) is 18.0. The van der Waals surface area contributed by atoms with Crippen LogP contribution in [0, 0.1) is 12.0 Å². The number of pyridine rings is 1. The van der Waals surface area contributed by atoms with Gasteiger partial charge in [0.15, 0.2) is 0 Å². The number of rotatable bonds is 6. The van der Waals surface area contributed by atoms with Gasteiger partial charge >= 0.3 is 5.97 Å². The van der Waals surface area contributed by atoms with E-state index in [9.17, 15) is 14.7 Å². The van der Waals surface area contributed by atoms with E-state index in [0.717, 1.165) is 5.56 Å². The molecule has 1 atom stereocenters. The van der Waals surface area contributed by atoms with E-state index >= 15 is 0 Å². The molecule has 1 aromatic carbocycles. The number of hydrogen-bond donors (Lipinski definition) is 1. The maximum Gasteiger partial charge on any atom is 0.339 e. The Morgan fingerprint density at radius 1 is 1.35 bits per heavy atom. The average Bonchev–Trinajstić information content (AvgIpc) is 2.69. The molecule has 0 fully saturated rings. The molecule has 0 amide bonds. The van der Waals surface area contributed by atoms with Gasteiger partial charge in [-0.15, -0.1) is 0 Å². The fourth-order valence-electron chi connectivity index (χ4n) is 3.90. The van der Waals surface area contributed by atoms with Crippen molar-refractivity contribution in [3.05, 3.63) is 56.1 Å². The Kier molecular flexibility index (Phi) is 6.44. The van der Waals surface area contributed by atoms with Crippen LogP contribution in [0.5, 0.6) is 5.75 Å². The molecule has 31 heavy (non-hydrogen) atoms. The van der Waals surface area contributed by atoms with Gasteiger partial charge < -0.3 is 23.9 Å². The largest absolute Gasteiger partial charge is 0.492 e. The second-order valence-electron chi connectivity index (χ2n) is 8.61. The number of carboxylic acids is 1. The third-order valence-electron chi connectivity index (χ3n) is 5.46. The number of carbonyl (C=O) groups is 1. The van der Waals surface area contributed by atoms with Crippen LogP contribution in [0.1, 0.15) is 49.2 Å². The standard InChI is InChI=1S/C23H25ClN2O5/c1-23(2,3)18-10-13-9-17(31-8-6-7-30-5)16(24)11-14(13)20-19(25-4)21(27)15(22(28)29)12-26(18)20/h9,11-12,18H,6-8,10H2,1-3,5H3,(H,28,29). The zero-order chi connectivity index (χ0) is 22.9. The average molecular weight is 445 g/mol. The molecule has 2 heterocycles. The minimum atomic E-state index is -1.35. The van der Waals surface area contributed by atoms with Gasteiger partial charge in [-0.25, -0.2) is 9.64 Å². The van der Waals surface area contributed by atoms with E-state index in [0.29, 0.717) is 48.1 Å². The third kappa shape index (κ3) is 4.32. The molecule has 7 nitrogen and oxygen atoms in total. The molecule has 0 radical (unpaired) electrons. The second-order valence-corrected chi connectivity index (χ2v) is 9.02. The number of aromatic carboxylic acids is 1. The molecule has 0 saturated carbocycles. The number of nitrogens with zero attached hydrogens (tertiary/aromatic N) is 2. The first-order valence-corrected chi connectivity index (χ1v) is 10.3. The number of aromatic nitrogens is 1. The maximum absolute atomic E-state index is 12.8. The van der Waals surface area contributed by atoms with Crippen LogP contribution < -0.4 is 10.2 Å². The Morgan fingerprint density at radius 2 is 2.06 bits per heavy atom. The molecule has 8 heteroatoms. The molecule has 3 rings (SSSR count). The van der Waals surface area contributed by atoms with Crippen LogP contribution in [0.3, 0.4) is 0 Å². The van der Waals surface area contributed by atoms with E-state index in [1.165, 1.54) is 6.20 Å². The van der Waals surface area contributed by atoms with Crippen LogP contribution in [0.4, 0.5) is 5.69 Å². The van der Waals surface area contributed by atoms with Gasteiger partial charge in [-0.1, -0.05) is 32.4 Å². The van der Waals surface area contributed by atoms with E-state index in [1.807, 2.05) is 26.8 Å². The predicted molar refractivity (Wildman–Crippen MR) is 119 cm³/mol. The van der Waals surface area contributed by atoms with E-state index in [2.05, 4.69) is 4.85 Å². The van der Waals surface area contributed by atoms with Crippen LogP contribution in [-0.4, -0.2) is 36.0 Å². The lowest BCUT2D eigenvalue weighted by Crippen LogP contribution is -2.33. The van der Waals surface area contributed by atoms with Gasteiger partial charge in [0.1, 0.15) is 11.3 Å². The predicted octanol–water partition coefficient (Wildman–Crippen LogP) is 4.98. The summed E-state index contributed by atoms with van der Waals surface area (Å²) >= 11 is 6.47. The summed E-state index contributed by atoms with van der Waals surface area (Å²) in [5.41, 5.74) is 0.282. The monoisotopic (exact) mass is 444 g/mol. The van der Waals surface area contributed by atoms with Crippen molar-refractivity contribution in [2.45, 2.75) is 39.7 Å². The minimum Gasteiger partial charge on any atom is -0.492 e. The van der Waals surface area contributed by atoms with Crippen molar-refractivity contribution < 1.29 is 19.4 Å².